The molecule has 1 aromatic rings. The number of carbonyl (C=O) groups excluding carboxylic acids is 1. The largest absolute Gasteiger partial charge is 0.375 e. The Balaban J connectivity index is 1.88. The van der Waals surface area contributed by atoms with Crippen molar-refractivity contribution in [3.63, 3.8) is 0 Å². The highest BCUT2D eigenvalue weighted by Gasteiger charge is 2.35. The summed E-state index contributed by atoms with van der Waals surface area (Å²) in [7, 11) is 1.89. The molecule has 1 heterocycles. The van der Waals surface area contributed by atoms with Crippen LogP contribution in [0.4, 0.5) is 0 Å². The van der Waals surface area contributed by atoms with E-state index in [1.807, 2.05) is 30.1 Å². The lowest BCUT2D eigenvalue weighted by Gasteiger charge is -2.40. The molecule has 3 unspecified atom stereocenters. The van der Waals surface area contributed by atoms with Gasteiger partial charge >= 0.3 is 0 Å². The molecule has 1 fully saturated rings. The van der Waals surface area contributed by atoms with Crippen LogP contribution >= 0.6 is 0 Å². The molecule has 0 radical (unpaired) electrons. The second-order valence-electron chi connectivity index (χ2n) is 5.61. The van der Waals surface area contributed by atoms with Gasteiger partial charge in [-0.05, 0) is 17.4 Å². The Morgan fingerprint density at radius 3 is 2.63 bits per heavy atom. The molecule has 2 rings (SSSR count). The normalized spacial score (nSPS) is 27.6. The third-order valence-electron chi connectivity index (χ3n) is 4.29. The molecule has 3 atom stereocenters. The van der Waals surface area contributed by atoms with Gasteiger partial charge in [0.1, 0.15) is 0 Å². The minimum atomic E-state index is 0.194. The molecule has 0 aliphatic carbocycles. The zero-order valence-electron chi connectivity index (χ0n) is 12.0. The van der Waals surface area contributed by atoms with Gasteiger partial charge in [0.25, 0.3) is 0 Å². The van der Waals surface area contributed by atoms with Crippen LogP contribution in [-0.4, -0.2) is 30.5 Å². The quantitative estimate of drug-likeness (QED) is 0.834. The van der Waals surface area contributed by atoms with Crippen LogP contribution < -0.4 is 0 Å². The smallest absolute Gasteiger partial charge is 0.222 e. The molecule has 0 bridgehead atoms. The molecule has 1 amide bonds. The lowest BCUT2D eigenvalue weighted by atomic mass is 9.82. The van der Waals surface area contributed by atoms with Crippen molar-refractivity contribution in [2.45, 2.75) is 32.9 Å². The van der Waals surface area contributed by atoms with Crippen molar-refractivity contribution in [1.82, 2.24) is 4.90 Å². The Labute approximate surface area is 115 Å². The Kier molecular flexibility index (Phi) is 4.59. The van der Waals surface area contributed by atoms with Crippen molar-refractivity contribution in [3.05, 3.63) is 35.9 Å². The maximum absolute atomic E-state index is 11.9. The van der Waals surface area contributed by atoms with Gasteiger partial charge in [-0.25, -0.2) is 0 Å². The fourth-order valence-electron chi connectivity index (χ4n) is 2.66. The van der Waals surface area contributed by atoms with Gasteiger partial charge in [0.05, 0.1) is 19.3 Å². The molecule has 104 valence electrons. The maximum Gasteiger partial charge on any atom is 0.222 e. The predicted molar refractivity (Wildman–Crippen MR) is 75.6 cm³/mol. The highest BCUT2D eigenvalue weighted by Crippen LogP contribution is 2.28. The minimum absolute atomic E-state index is 0.194. The van der Waals surface area contributed by atoms with Crippen LogP contribution in [0.3, 0.4) is 0 Å². The van der Waals surface area contributed by atoms with Gasteiger partial charge in [-0.2, -0.15) is 0 Å². The number of amides is 1. The molecule has 1 aliphatic heterocycles. The summed E-state index contributed by atoms with van der Waals surface area (Å²) in [4.78, 5) is 13.7. The molecule has 19 heavy (non-hydrogen) atoms. The van der Waals surface area contributed by atoms with Crippen molar-refractivity contribution >= 4 is 5.91 Å². The van der Waals surface area contributed by atoms with Crippen LogP contribution in [0.25, 0.3) is 0 Å². The maximum atomic E-state index is 11.9. The number of likely N-dealkylation sites (tertiary alicyclic amines) is 1. The number of benzene rings is 1. The summed E-state index contributed by atoms with van der Waals surface area (Å²) in [6, 6.07) is 10.3. The number of likely N-dealkylation sites (N-methyl/N-ethyl adjacent to an activating group) is 1. The number of carbonyl (C=O) groups is 1. The van der Waals surface area contributed by atoms with Gasteiger partial charge < -0.3 is 9.64 Å². The van der Waals surface area contributed by atoms with Crippen molar-refractivity contribution in [3.8, 4) is 0 Å². The summed E-state index contributed by atoms with van der Waals surface area (Å²) in [5.41, 5.74) is 1.17. The number of hydrogen-bond donors (Lipinski definition) is 0. The van der Waals surface area contributed by atoms with E-state index >= 15 is 0 Å². The van der Waals surface area contributed by atoms with E-state index in [0.717, 1.165) is 0 Å². The molecule has 0 aromatic heterocycles. The topological polar surface area (TPSA) is 29.5 Å². The summed E-state index contributed by atoms with van der Waals surface area (Å²) in [5.74, 6) is 1.16. The van der Waals surface area contributed by atoms with Gasteiger partial charge in [0.15, 0.2) is 0 Å². The second kappa shape index (κ2) is 6.20. The van der Waals surface area contributed by atoms with Crippen molar-refractivity contribution in [1.29, 1.82) is 0 Å². The summed E-state index contributed by atoms with van der Waals surface area (Å²) in [5, 5.41) is 0. The van der Waals surface area contributed by atoms with Gasteiger partial charge in [-0.1, -0.05) is 44.2 Å². The first kappa shape index (κ1) is 14.1. The molecule has 0 N–H and O–H groups in total. The van der Waals surface area contributed by atoms with Crippen LogP contribution in [0.2, 0.25) is 0 Å². The molecule has 0 spiro atoms. The molecule has 3 nitrogen and oxygen atoms in total. The van der Waals surface area contributed by atoms with Crippen molar-refractivity contribution in [2.24, 2.45) is 11.8 Å². The number of hydrogen-bond acceptors (Lipinski definition) is 2. The Hall–Kier alpha value is -1.35. The van der Waals surface area contributed by atoms with Gasteiger partial charge in [-0.15, -0.1) is 0 Å². The van der Waals surface area contributed by atoms with E-state index in [-0.39, 0.29) is 11.9 Å². The van der Waals surface area contributed by atoms with Gasteiger partial charge in [0.2, 0.25) is 5.91 Å². The van der Waals surface area contributed by atoms with Crippen molar-refractivity contribution in [2.75, 3.05) is 13.7 Å². The number of ether oxygens (including phenoxy) is 1. The number of nitrogens with zero attached hydrogens (tertiary/aromatic N) is 1. The van der Waals surface area contributed by atoms with E-state index in [2.05, 4.69) is 26.0 Å². The Bertz CT molecular complexity index is 418. The predicted octanol–water partition coefficient (Wildman–Crippen LogP) is 2.71. The number of rotatable bonds is 4. The van der Waals surface area contributed by atoms with Crippen LogP contribution in [0, 0.1) is 11.8 Å². The summed E-state index contributed by atoms with van der Waals surface area (Å²) in [6.07, 6.45) is 0.660. The average Bonchev–Trinajstić information content (AvgIpc) is 2.42. The molecule has 3 heteroatoms. The molecular formula is C16H23NO2. The Morgan fingerprint density at radius 1 is 1.26 bits per heavy atom. The zero-order valence-corrected chi connectivity index (χ0v) is 12.0. The third kappa shape index (κ3) is 3.35. The van der Waals surface area contributed by atoms with Crippen LogP contribution in [-0.2, 0) is 16.1 Å². The highest BCUT2D eigenvalue weighted by atomic mass is 16.5. The summed E-state index contributed by atoms with van der Waals surface area (Å²) < 4.78 is 5.80. The first-order chi connectivity index (χ1) is 9.09. The molecule has 1 aromatic carbocycles. The minimum Gasteiger partial charge on any atom is -0.375 e. The van der Waals surface area contributed by atoms with Crippen LogP contribution in [0.5, 0.6) is 0 Å². The zero-order chi connectivity index (χ0) is 13.8. The first-order valence-corrected chi connectivity index (χ1v) is 6.97. The molecule has 1 aliphatic rings. The molecular weight excluding hydrogens is 238 g/mol. The lowest BCUT2D eigenvalue weighted by molar-refractivity contribution is -0.141. The average molecular weight is 261 g/mol. The second-order valence-corrected chi connectivity index (χ2v) is 5.61. The van der Waals surface area contributed by atoms with Crippen molar-refractivity contribution < 1.29 is 9.53 Å². The third-order valence-corrected chi connectivity index (χ3v) is 4.29. The van der Waals surface area contributed by atoms with Crippen LogP contribution in [0.1, 0.15) is 25.8 Å². The summed E-state index contributed by atoms with van der Waals surface area (Å²) in [6.45, 7) is 5.59. The fourth-order valence-corrected chi connectivity index (χ4v) is 2.66. The Morgan fingerprint density at radius 2 is 1.95 bits per heavy atom. The molecule has 1 saturated heterocycles. The van der Waals surface area contributed by atoms with E-state index in [4.69, 9.17) is 4.74 Å². The standard InChI is InChI=1S/C16H23NO2/c1-12-9-16(18)17(3)15(13(12)2)11-19-10-14-7-5-4-6-8-14/h4-8,12-13,15H,9-11H2,1-3H3. The molecule has 0 saturated carbocycles. The van der Waals surface area contributed by atoms with Gasteiger partial charge in [-0.3, -0.25) is 4.79 Å². The van der Waals surface area contributed by atoms with Crippen LogP contribution in [0.15, 0.2) is 30.3 Å². The monoisotopic (exact) mass is 261 g/mol. The summed E-state index contributed by atoms with van der Waals surface area (Å²) >= 11 is 0. The highest BCUT2D eigenvalue weighted by molar-refractivity contribution is 5.77. The van der Waals surface area contributed by atoms with E-state index in [1.165, 1.54) is 5.56 Å². The number of piperidine rings is 1. The van der Waals surface area contributed by atoms with E-state index < -0.39 is 0 Å². The SMILES string of the molecule is CC1CC(=O)N(C)C(COCc2ccccc2)C1C. The fraction of sp³-hybridized carbons (Fsp3) is 0.562. The van der Waals surface area contributed by atoms with E-state index in [1.54, 1.807) is 0 Å². The first-order valence-electron chi connectivity index (χ1n) is 6.97. The van der Waals surface area contributed by atoms with E-state index in [9.17, 15) is 4.79 Å². The lowest BCUT2D eigenvalue weighted by Crippen LogP contribution is -2.50. The van der Waals surface area contributed by atoms with Gasteiger partial charge in [0, 0.05) is 13.5 Å². The van der Waals surface area contributed by atoms with E-state index in [0.29, 0.717) is 31.5 Å².